The van der Waals surface area contributed by atoms with Crippen LogP contribution in [0.1, 0.15) is 12.8 Å². The molecule has 1 saturated heterocycles. The summed E-state index contributed by atoms with van der Waals surface area (Å²) in [4.78, 5) is 10.3. The topological polar surface area (TPSA) is 69.6 Å². The molecule has 0 aliphatic carbocycles. The molecule has 1 rings (SSSR count). The monoisotopic (exact) mass is 145 g/mol. The summed E-state index contributed by atoms with van der Waals surface area (Å²) in [7, 11) is 0. The normalized spacial score (nSPS) is 33.7. The lowest BCUT2D eigenvalue weighted by Gasteiger charge is -2.23. The molecular formula is C6H11NO3. The zero-order valence-electron chi connectivity index (χ0n) is 5.58. The van der Waals surface area contributed by atoms with Crippen LogP contribution in [0, 0.1) is 0 Å². The fourth-order valence-corrected chi connectivity index (χ4v) is 1.05. The van der Waals surface area contributed by atoms with E-state index in [2.05, 4.69) is 5.32 Å². The van der Waals surface area contributed by atoms with Gasteiger partial charge in [-0.15, -0.1) is 0 Å². The van der Waals surface area contributed by atoms with Gasteiger partial charge in [0.25, 0.3) is 0 Å². The van der Waals surface area contributed by atoms with Crippen LogP contribution < -0.4 is 5.32 Å². The molecule has 0 amide bonds. The van der Waals surface area contributed by atoms with E-state index in [1.807, 2.05) is 0 Å². The van der Waals surface area contributed by atoms with Gasteiger partial charge in [0.1, 0.15) is 6.04 Å². The van der Waals surface area contributed by atoms with Crippen molar-refractivity contribution >= 4 is 5.97 Å². The van der Waals surface area contributed by atoms with Crippen LogP contribution in [-0.2, 0) is 4.79 Å². The molecule has 1 fully saturated rings. The minimum Gasteiger partial charge on any atom is -0.480 e. The second-order valence-electron chi connectivity index (χ2n) is 2.53. The summed E-state index contributed by atoms with van der Waals surface area (Å²) >= 11 is 0. The molecule has 0 aromatic carbocycles. The van der Waals surface area contributed by atoms with E-state index in [9.17, 15) is 4.79 Å². The molecule has 1 heterocycles. The number of rotatable bonds is 1. The van der Waals surface area contributed by atoms with Gasteiger partial charge in [0, 0.05) is 6.54 Å². The molecule has 1 unspecified atom stereocenters. The van der Waals surface area contributed by atoms with Crippen molar-refractivity contribution in [3.8, 4) is 0 Å². The smallest absolute Gasteiger partial charge is 0.320 e. The number of β-amino-alcohol motifs (C(OH)–C–C–N with tert-alkyl or cyclic N) is 1. The van der Waals surface area contributed by atoms with Gasteiger partial charge < -0.3 is 15.5 Å². The van der Waals surface area contributed by atoms with Crippen molar-refractivity contribution in [2.24, 2.45) is 0 Å². The largest absolute Gasteiger partial charge is 0.480 e. The zero-order chi connectivity index (χ0) is 7.56. The molecule has 0 spiro atoms. The Morgan fingerprint density at radius 2 is 2.20 bits per heavy atom. The van der Waals surface area contributed by atoms with E-state index in [1.165, 1.54) is 0 Å². The lowest BCUT2D eigenvalue weighted by atomic mass is 10.0. The van der Waals surface area contributed by atoms with Gasteiger partial charge in [0.05, 0.1) is 6.10 Å². The number of piperidine rings is 1. The van der Waals surface area contributed by atoms with Crippen LogP contribution in [0.3, 0.4) is 0 Å². The van der Waals surface area contributed by atoms with Crippen molar-refractivity contribution in [1.29, 1.82) is 0 Å². The van der Waals surface area contributed by atoms with Crippen molar-refractivity contribution in [2.45, 2.75) is 25.0 Å². The number of hydrogen-bond acceptors (Lipinski definition) is 3. The van der Waals surface area contributed by atoms with Crippen LogP contribution in [0.2, 0.25) is 0 Å². The van der Waals surface area contributed by atoms with Crippen LogP contribution >= 0.6 is 0 Å². The number of aliphatic hydroxyl groups is 1. The van der Waals surface area contributed by atoms with Crippen LogP contribution in [0.4, 0.5) is 0 Å². The standard InChI is InChI=1S/C6H11NO3/c8-4-1-2-5(6(9)10)7-3-4/h4-5,7-8H,1-3H2,(H,9,10)/t4?,5-/m1/s1. The molecule has 4 nitrogen and oxygen atoms in total. The summed E-state index contributed by atoms with van der Waals surface area (Å²) in [5, 5.41) is 20.2. The van der Waals surface area contributed by atoms with Crippen LogP contribution in [-0.4, -0.2) is 34.9 Å². The predicted octanol–water partition coefficient (Wildman–Crippen LogP) is -0.816. The first-order chi connectivity index (χ1) is 4.70. The van der Waals surface area contributed by atoms with Gasteiger partial charge in [0.2, 0.25) is 0 Å². The molecule has 0 bridgehead atoms. The number of carboxylic acids is 1. The molecule has 0 aromatic heterocycles. The van der Waals surface area contributed by atoms with E-state index in [0.717, 1.165) is 0 Å². The lowest BCUT2D eigenvalue weighted by molar-refractivity contribution is -0.140. The van der Waals surface area contributed by atoms with Gasteiger partial charge >= 0.3 is 5.97 Å². The van der Waals surface area contributed by atoms with Gasteiger partial charge in [-0.3, -0.25) is 4.79 Å². The Morgan fingerprint density at radius 1 is 1.50 bits per heavy atom. The predicted molar refractivity (Wildman–Crippen MR) is 34.7 cm³/mol. The van der Waals surface area contributed by atoms with E-state index in [4.69, 9.17) is 10.2 Å². The number of carboxylic acid groups (broad SMARTS) is 1. The van der Waals surface area contributed by atoms with E-state index in [1.54, 1.807) is 0 Å². The highest BCUT2D eigenvalue weighted by molar-refractivity contribution is 5.73. The molecule has 0 radical (unpaired) electrons. The molecule has 1 aliphatic rings. The first kappa shape index (κ1) is 7.50. The fourth-order valence-electron chi connectivity index (χ4n) is 1.05. The van der Waals surface area contributed by atoms with Gasteiger partial charge in [0.15, 0.2) is 0 Å². The summed E-state index contributed by atoms with van der Waals surface area (Å²) in [5.41, 5.74) is 0. The van der Waals surface area contributed by atoms with E-state index < -0.39 is 12.0 Å². The van der Waals surface area contributed by atoms with Crippen molar-refractivity contribution < 1.29 is 15.0 Å². The van der Waals surface area contributed by atoms with Crippen LogP contribution in [0.15, 0.2) is 0 Å². The fraction of sp³-hybridized carbons (Fsp3) is 0.833. The minimum absolute atomic E-state index is 0.365. The van der Waals surface area contributed by atoms with Crippen LogP contribution in [0.5, 0.6) is 0 Å². The zero-order valence-corrected chi connectivity index (χ0v) is 5.58. The summed E-state index contributed by atoms with van der Waals surface area (Å²) < 4.78 is 0. The van der Waals surface area contributed by atoms with Crippen molar-refractivity contribution in [1.82, 2.24) is 5.32 Å². The maximum absolute atomic E-state index is 10.3. The molecule has 3 N–H and O–H groups in total. The quantitative estimate of drug-likeness (QED) is 0.451. The summed E-state index contributed by atoms with van der Waals surface area (Å²) in [6.45, 7) is 0.400. The SMILES string of the molecule is O=C(O)[C@H]1CCC(O)CN1. The average Bonchev–Trinajstić information content (AvgIpc) is 1.88. The Kier molecular flexibility index (Phi) is 2.24. The average molecular weight is 145 g/mol. The maximum Gasteiger partial charge on any atom is 0.320 e. The molecule has 0 aromatic rings. The second kappa shape index (κ2) is 2.98. The van der Waals surface area contributed by atoms with Gasteiger partial charge in [-0.05, 0) is 12.8 Å². The third-order valence-electron chi connectivity index (χ3n) is 1.69. The highest BCUT2D eigenvalue weighted by Crippen LogP contribution is 2.07. The summed E-state index contributed by atoms with van der Waals surface area (Å²) in [6, 6.07) is -0.455. The Hall–Kier alpha value is -0.610. The molecule has 0 saturated carbocycles. The van der Waals surface area contributed by atoms with Gasteiger partial charge in [-0.25, -0.2) is 0 Å². The highest BCUT2D eigenvalue weighted by atomic mass is 16.4. The molecule has 4 heteroatoms. The van der Waals surface area contributed by atoms with Crippen molar-refractivity contribution in [3.63, 3.8) is 0 Å². The molecular weight excluding hydrogens is 134 g/mol. The first-order valence-corrected chi connectivity index (χ1v) is 3.34. The third kappa shape index (κ3) is 1.68. The summed E-state index contributed by atoms with van der Waals surface area (Å²) in [5.74, 6) is -0.827. The lowest BCUT2D eigenvalue weighted by Crippen LogP contribution is -2.45. The van der Waals surface area contributed by atoms with E-state index in [0.29, 0.717) is 19.4 Å². The first-order valence-electron chi connectivity index (χ1n) is 3.34. The molecule has 58 valence electrons. The maximum atomic E-state index is 10.3. The third-order valence-corrected chi connectivity index (χ3v) is 1.69. The number of carbonyl (C=O) groups is 1. The number of aliphatic carboxylic acids is 1. The van der Waals surface area contributed by atoms with Gasteiger partial charge in [-0.2, -0.15) is 0 Å². The van der Waals surface area contributed by atoms with Gasteiger partial charge in [-0.1, -0.05) is 0 Å². The highest BCUT2D eigenvalue weighted by Gasteiger charge is 2.23. The summed E-state index contributed by atoms with van der Waals surface area (Å²) in [6.07, 6.45) is 0.746. The van der Waals surface area contributed by atoms with Crippen molar-refractivity contribution in [3.05, 3.63) is 0 Å². The molecule has 10 heavy (non-hydrogen) atoms. The minimum atomic E-state index is -0.827. The Labute approximate surface area is 58.9 Å². The van der Waals surface area contributed by atoms with E-state index in [-0.39, 0.29) is 6.10 Å². The number of aliphatic hydroxyl groups excluding tert-OH is 1. The van der Waals surface area contributed by atoms with Crippen molar-refractivity contribution in [2.75, 3.05) is 6.54 Å². The number of hydrogen-bond donors (Lipinski definition) is 3. The van der Waals surface area contributed by atoms with Crippen LogP contribution in [0.25, 0.3) is 0 Å². The Bertz CT molecular complexity index is 129. The second-order valence-corrected chi connectivity index (χ2v) is 2.53. The molecule has 2 atom stereocenters. The molecule has 1 aliphatic heterocycles. The van der Waals surface area contributed by atoms with E-state index >= 15 is 0 Å². The Balaban J connectivity index is 2.33. The number of nitrogens with one attached hydrogen (secondary N) is 1. The Morgan fingerprint density at radius 3 is 2.60 bits per heavy atom.